The minimum absolute atomic E-state index is 0.636. The van der Waals surface area contributed by atoms with E-state index in [0.29, 0.717) is 6.04 Å². The lowest BCUT2D eigenvalue weighted by atomic mass is 10.1. The molecular formula is C12H20N2S. The Kier molecular flexibility index (Phi) is 3.78. The Balaban J connectivity index is 1.99. The van der Waals surface area contributed by atoms with Crippen LogP contribution in [0.2, 0.25) is 0 Å². The summed E-state index contributed by atoms with van der Waals surface area (Å²) in [5.41, 5.74) is 0. The number of nitrogens with zero attached hydrogens (tertiary/aromatic N) is 1. The van der Waals surface area contributed by atoms with Gasteiger partial charge >= 0.3 is 0 Å². The predicted octanol–water partition coefficient (Wildman–Crippen LogP) is 2.32. The monoisotopic (exact) mass is 224 g/mol. The van der Waals surface area contributed by atoms with E-state index in [1.807, 2.05) is 11.3 Å². The van der Waals surface area contributed by atoms with Crippen molar-refractivity contribution in [1.82, 2.24) is 10.2 Å². The molecule has 15 heavy (non-hydrogen) atoms. The summed E-state index contributed by atoms with van der Waals surface area (Å²) in [5, 5.41) is 5.62. The largest absolute Gasteiger partial charge is 0.315 e. The Hall–Kier alpha value is -0.380. The molecule has 1 aliphatic rings. The van der Waals surface area contributed by atoms with Crippen molar-refractivity contribution in [2.75, 3.05) is 13.1 Å². The fourth-order valence-electron chi connectivity index (χ4n) is 2.24. The van der Waals surface area contributed by atoms with Crippen molar-refractivity contribution in [2.24, 2.45) is 0 Å². The Morgan fingerprint density at radius 2 is 2.47 bits per heavy atom. The van der Waals surface area contributed by atoms with Crippen molar-refractivity contribution in [3.8, 4) is 0 Å². The van der Waals surface area contributed by atoms with Gasteiger partial charge in [0.15, 0.2) is 0 Å². The molecule has 3 heteroatoms. The minimum Gasteiger partial charge on any atom is -0.315 e. The molecule has 0 bridgehead atoms. The lowest BCUT2D eigenvalue weighted by Crippen LogP contribution is -2.40. The second-order valence-corrected chi connectivity index (χ2v) is 5.52. The van der Waals surface area contributed by atoms with Gasteiger partial charge in [0, 0.05) is 30.1 Å². The third kappa shape index (κ3) is 2.80. The normalized spacial score (nSPS) is 21.7. The van der Waals surface area contributed by atoms with Gasteiger partial charge < -0.3 is 5.32 Å². The highest BCUT2D eigenvalue weighted by Crippen LogP contribution is 2.19. The van der Waals surface area contributed by atoms with Crippen LogP contribution in [0.3, 0.4) is 0 Å². The van der Waals surface area contributed by atoms with Crippen LogP contribution in [0.25, 0.3) is 0 Å². The van der Waals surface area contributed by atoms with E-state index in [9.17, 15) is 0 Å². The molecular weight excluding hydrogens is 204 g/mol. The molecule has 2 heterocycles. The fraction of sp³-hybridized carbons (Fsp3) is 0.667. The van der Waals surface area contributed by atoms with Gasteiger partial charge in [0.2, 0.25) is 0 Å². The Labute approximate surface area is 96.3 Å². The second kappa shape index (κ2) is 5.10. The van der Waals surface area contributed by atoms with E-state index in [-0.39, 0.29) is 0 Å². The molecule has 1 fully saturated rings. The van der Waals surface area contributed by atoms with Gasteiger partial charge in [-0.15, -0.1) is 11.3 Å². The Morgan fingerprint density at radius 3 is 3.00 bits per heavy atom. The highest BCUT2D eigenvalue weighted by molar-refractivity contribution is 7.09. The molecule has 1 aromatic rings. The number of thiophene rings is 1. The molecule has 0 aliphatic carbocycles. The zero-order valence-corrected chi connectivity index (χ0v) is 10.4. The number of hydrogen-bond acceptors (Lipinski definition) is 3. The van der Waals surface area contributed by atoms with Crippen LogP contribution in [0.4, 0.5) is 0 Å². The van der Waals surface area contributed by atoms with E-state index in [1.54, 1.807) is 0 Å². The summed E-state index contributed by atoms with van der Waals surface area (Å²) in [6.07, 6.45) is 1.30. The summed E-state index contributed by atoms with van der Waals surface area (Å²) in [6, 6.07) is 5.75. The van der Waals surface area contributed by atoms with Crippen LogP contribution in [0.15, 0.2) is 17.5 Å². The molecule has 0 amide bonds. The molecule has 1 aliphatic heterocycles. The first-order valence-corrected chi connectivity index (χ1v) is 6.64. The SMILES string of the molecule is CC(C)N(Cc1cccs1)C1CCNC1. The standard InChI is InChI=1S/C12H20N2S/c1-10(2)14(11-5-6-13-8-11)9-12-4-3-7-15-12/h3-4,7,10-11,13H,5-6,8-9H2,1-2H3. The van der Waals surface area contributed by atoms with Gasteiger partial charge in [0.25, 0.3) is 0 Å². The summed E-state index contributed by atoms with van der Waals surface area (Å²) in [4.78, 5) is 4.10. The van der Waals surface area contributed by atoms with Crippen LogP contribution >= 0.6 is 11.3 Å². The summed E-state index contributed by atoms with van der Waals surface area (Å²) in [7, 11) is 0. The van der Waals surface area contributed by atoms with Crippen LogP contribution < -0.4 is 5.32 Å². The lowest BCUT2D eigenvalue weighted by Gasteiger charge is -2.31. The molecule has 0 radical (unpaired) electrons. The van der Waals surface area contributed by atoms with E-state index in [2.05, 4.69) is 41.6 Å². The minimum atomic E-state index is 0.636. The van der Waals surface area contributed by atoms with Crippen LogP contribution in [-0.2, 0) is 6.54 Å². The molecule has 84 valence electrons. The van der Waals surface area contributed by atoms with Crippen molar-refractivity contribution < 1.29 is 0 Å². The van der Waals surface area contributed by atoms with Crippen molar-refractivity contribution in [3.05, 3.63) is 22.4 Å². The van der Waals surface area contributed by atoms with Gasteiger partial charge in [-0.1, -0.05) is 6.07 Å². The van der Waals surface area contributed by atoms with Gasteiger partial charge in [-0.05, 0) is 38.3 Å². The van der Waals surface area contributed by atoms with E-state index >= 15 is 0 Å². The molecule has 1 saturated heterocycles. The summed E-state index contributed by atoms with van der Waals surface area (Å²) in [6.45, 7) is 8.04. The molecule has 0 aromatic carbocycles. The summed E-state index contributed by atoms with van der Waals surface area (Å²) in [5.74, 6) is 0. The van der Waals surface area contributed by atoms with Crippen LogP contribution in [0.1, 0.15) is 25.1 Å². The van der Waals surface area contributed by atoms with Gasteiger partial charge in [-0.2, -0.15) is 0 Å². The number of rotatable bonds is 4. The molecule has 1 unspecified atom stereocenters. The highest BCUT2D eigenvalue weighted by Gasteiger charge is 2.24. The second-order valence-electron chi connectivity index (χ2n) is 4.49. The molecule has 2 rings (SSSR count). The maximum Gasteiger partial charge on any atom is 0.0334 e. The topological polar surface area (TPSA) is 15.3 Å². The quantitative estimate of drug-likeness (QED) is 0.844. The average molecular weight is 224 g/mol. The molecule has 1 N–H and O–H groups in total. The molecule has 0 spiro atoms. The number of nitrogens with one attached hydrogen (secondary N) is 1. The third-order valence-corrected chi connectivity index (χ3v) is 3.95. The maximum atomic E-state index is 3.45. The molecule has 1 aromatic heterocycles. The average Bonchev–Trinajstić information content (AvgIpc) is 2.87. The van der Waals surface area contributed by atoms with Crippen LogP contribution in [0.5, 0.6) is 0 Å². The maximum absolute atomic E-state index is 3.45. The fourth-order valence-corrected chi connectivity index (χ4v) is 2.95. The predicted molar refractivity (Wildman–Crippen MR) is 66.3 cm³/mol. The van der Waals surface area contributed by atoms with E-state index in [0.717, 1.165) is 19.1 Å². The van der Waals surface area contributed by atoms with Gasteiger partial charge in [0.05, 0.1) is 0 Å². The lowest BCUT2D eigenvalue weighted by molar-refractivity contribution is 0.156. The van der Waals surface area contributed by atoms with Crippen molar-refractivity contribution >= 4 is 11.3 Å². The zero-order chi connectivity index (χ0) is 10.7. The molecule has 1 atom stereocenters. The van der Waals surface area contributed by atoms with Crippen LogP contribution in [0, 0.1) is 0 Å². The first-order chi connectivity index (χ1) is 7.27. The highest BCUT2D eigenvalue weighted by atomic mass is 32.1. The van der Waals surface area contributed by atoms with E-state index in [1.165, 1.54) is 17.8 Å². The van der Waals surface area contributed by atoms with Gasteiger partial charge in [-0.3, -0.25) is 4.90 Å². The summed E-state index contributed by atoms with van der Waals surface area (Å²) < 4.78 is 0. The van der Waals surface area contributed by atoms with Crippen molar-refractivity contribution in [3.63, 3.8) is 0 Å². The van der Waals surface area contributed by atoms with Crippen molar-refractivity contribution in [1.29, 1.82) is 0 Å². The Morgan fingerprint density at radius 1 is 1.60 bits per heavy atom. The first-order valence-electron chi connectivity index (χ1n) is 5.76. The van der Waals surface area contributed by atoms with E-state index < -0.39 is 0 Å². The summed E-state index contributed by atoms with van der Waals surface area (Å²) >= 11 is 1.87. The molecule has 2 nitrogen and oxygen atoms in total. The van der Waals surface area contributed by atoms with Crippen molar-refractivity contribution in [2.45, 2.75) is 38.9 Å². The van der Waals surface area contributed by atoms with Gasteiger partial charge in [0.1, 0.15) is 0 Å². The Bertz CT molecular complexity index is 276. The first kappa shape index (κ1) is 11.1. The van der Waals surface area contributed by atoms with E-state index in [4.69, 9.17) is 0 Å². The number of hydrogen-bond donors (Lipinski definition) is 1. The van der Waals surface area contributed by atoms with Crippen LogP contribution in [-0.4, -0.2) is 30.1 Å². The van der Waals surface area contributed by atoms with Gasteiger partial charge in [-0.25, -0.2) is 0 Å². The zero-order valence-electron chi connectivity index (χ0n) is 9.57. The third-order valence-electron chi connectivity index (χ3n) is 3.09. The molecule has 0 saturated carbocycles. The smallest absolute Gasteiger partial charge is 0.0334 e.